The number of anilines is 1. The van der Waals surface area contributed by atoms with Crippen LogP contribution in [0.5, 0.6) is 5.75 Å². The summed E-state index contributed by atoms with van der Waals surface area (Å²) in [6.07, 6.45) is 0. The van der Waals surface area contributed by atoms with Crippen LogP contribution < -0.4 is 10.1 Å². The van der Waals surface area contributed by atoms with Gasteiger partial charge in [-0.2, -0.15) is 0 Å². The van der Waals surface area contributed by atoms with Gasteiger partial charge < -0.3 is 15.0 Å². The number of imidazole rings is 1. The van der Waals surface area contributed by atoms with Gasteiger partial charge in [-0.3, -0.25) is 4.79 Å². The summed E-state index contributed by atoms with van der Waals surface area (Å²) in [6, 6.07) is 11.6. The van der Waals surface area contributed by atoms with Crippen molar-refractivity contribution in [3.63, 3.8) is 0 Å². The second-order valence-corrected chi connectivity index (χ2v) is 6.74. The number of halogens is 1. The predicted octanol–water partition coefficient (Wildman–Crippen LogP) is 4.22. The van der Waals surface area contributed by atoms with E-state index in [2.05, 4.69) is 15.3 Å². The maximum absolute atomic E-state index is 13.2. The number of benzene rings is 2. The number of aromatic amines is 1. The highest BCUT2D eigenvalue weighted by molar-refractivity contribution is 8.00. The Morgan fingerprint density at radius 3 is 2.80 bits per heavy atom. The van der Waals surface area contributed by atoms with Crippen LogP contribution in [0.15, 0.2) is 47.6 Å². The number of nitrogens with zero attached hydrogens (tertiary/aromatic N) is 1. The number of aromatic nitrogens is 2. The van der Waals surface area contributed by atoms with Gasteiger partial charge in [-0.15, -0.1) is 0 Å². The Hall–Kier alpha value is -2.54. The molecule has 1 heterocycles. The molecule has 2 aromatic carbocycles. The van der Waals surface area contributed by atoms with E-state index in [0.717, 1.165) is 5.75 Å². The fourth-order valence-corrected chi connectivity index (χ4v) is 3.10. The van der Waals surface area contributed by atoms with Crippen molar-refractivity contribution < 1.29 is 13.9 Å². The minimum Gasteiger partial charge on any atom is -0.494 e. The zero-order valence-corrected chi connectivity index (χ0v) is 14.7. The van der Waals surface area contributed by atoms with Crippen LogP contribution >= 0.6 is 11.8 Å². The highest BCUT2D eigenvalue weighted by atomic mass is 32.2. The van der Waals surface area contributed by atoms with E-state index >= 15 is 0 Å². The van der Waals surface area contributed by atoms with Crippen LogP contribution in [-0.4, -0.2) is 27.7 Å². The summed E-state index contributed by atoms with van der Waals surface area (Å²) < 4.78 is 18.6. The maximum Gasteiger partial charge on any atom is 0.237 e. The first kappa shape index (κ1) is 17.3. The van der Waals surface area contributed by atoms with Gasteiger partial charge in [0.25, 0.3) is 0 Å². The Morgan fingerprint density at radius 1 is 1.32 bits per heavy atom. The van der Waals surface area contributed by atoms with Crippen molar-refractivity contribution in [2.45, 2.75) is 24.3 Å². The highest BCUT2D eigenvalue weighted by Crippen LogP contribution is 2.25. The average molecular weight is 359 g/mol. The van der Waals surface area contributed by atoms with Gasteiger partial charge in [0, 0.05) is 5.69 Å². The third kappa shape index (κ3) is 4.30. The Labute approximate surface area is 149 Å². The third-order valence-electron chi connectivity index (χ3n) is 3.51. The molecule has 3 rings (SSSR count). The van der Waals surface area contributed by atoms with Crippen molar-refractivity contribution in [3.8, 4) is 5.75 Å². The lowest BCUT2D eigenvalue weighted by Gasteiger charge is -2.11. The molecular formula is C18H18FN3O2S. The van der Waals surface area contributed by atoms with E-state index in [0.29, 0.717) is 28.5 Å². The number of thioether (sulfide) groups is 1. The van der Waals surface area contributed by atoms with Crippen LogP contribution in [0.25, 0.3) is 11.0 Å². The topological polar surface area (TPSA) is 67.0 Å². The normalized spacial score (nSPS) is 12.1. The third-order valence-corrected chi connectivity index (χ3v) is 4.50. The van der Waals surface area contributed by atoms with Crippen molar-refractivity contribution in [3.05, 3.63) is 48.3 Å². The molecule has 130 valence electrons. The fraction of sp³-hybridized carbons (Fsp3) is 0.222. The van der Waals surface area contributed by atoms with Crippen LogP contribution in [0.1, 0.15) is 13.8 Å². The van der Waals surface area contributed by atoms with E-state index in [-0.39, 0.29) is 17.0 Å². The van der Waals surface area contributed by atoms with Crippen LogP contribution in [0.3, 0.4) is 0 Å². The van der Waals surface area contributed by atoms with Crippen molar-refractivity contribution in [2.75, 3.05) is 11.9 Å². The van der Waals surface area contributed by atoms with E-state index in [1.165, 1.54) is 23.9 Å². The summed E-state index contributed by atoms with van der Waals surface area (Å²) >= 11 is 1.29. The molecule has 1 unspecified atom stereocenters. The van der Waals surface area contributed by atoms with E-state index < -0.39 is 0 Å². The molecule has 0 saturated heterocycles. The molecule has 0 saturated carbocycles. The molecule has 0 radical (unpaired) electrons. The van der Waals surface area contributed by atoms with Crippen molar-refractivity contribution >= 4 is 34.4 Å². The lowest BCUT2D eigenvalue weighted by molar-refractivity contribution is -0.115. The number of nitrogens with one attached hydrogen (secondary N) is 2. The molecule has 0 bridgehead atoms. The molecule has 1 amide bonds. The van der Waals surface area contributed by atoms with Gasteiger partial charge in [-0.25, -0.2) is 9.37 Å². The van der Waals surface area contributed by atoms with Gasteiger partial charge in [0.15, 0.2) is 5.16 Å². The molecular weight excluding hydrogens is 341 g/mol. The van der Waals surface area contributed by atoms with E-state index in [9.17, 15) is 9.18 Å². The van der Waals surface area contributed by atoms with Crippen molar-refractivity contribution in [2.24, 2.45) is 0 Å². The summed E-state index contributed by atoms with van der Waals surface area (Å²) in [7, 11) is 0. The van der Waals surface area contributed by atoms with Crippen LogP contribution in [-0.2, 0) is 4.79 Å². The quantitative estimate of drug-likeness (QED) is 0.647. The summed E-state index contributed by atoms with van der Waals surface area (Å²) in [5.74, 6) is 0.298. The van der Waals surface area contributed by atoms with Gasteiger partial charge in [0.05, 0.1) is 22.9 Å². The number of rotatable bonds is 6. The minimum absolute atomic E-state index is 0.138. The largest absolute Gasteiger partial charge is 0.494 e. The first-order valence-corrected chi connectivity index (χ1v) is 8.79. The summed E-state index contributed by atoms with van der Waals surface area (Å²) in [5, 5.41) is 3.07. The van der Waals surface area contributed by atoms with E-state index in [4.69, 9.17) is 4.74 Å². The standard InChI is InChI=1S/C18H18FN3O2S/c1-3-24-14-7-5-13(6-8-14)20-17(23)11(2)25-18-21-15-9-4-12(19)10-16(15)22-18/h4-11H,3H2,1-2H3,(H,20,23)(H,21,22). The molecule has 3 aromatic rings. The number of ether oxygens (including phenoxy) is 1. The van der Waals surface area contributed by atoms with Crippen LogP contribution in [0.4, 0.5) is 10.1 Å². The number of hydrogen-bond donors (Lipinski definition) is 2. The Balaban J connectivity index is 1.63. The summed E-state index contributed by atoms with van der Waals surface area (Å²) in [4.78, 5) is 19.7. The molecule has 5 nitrogen and oxygen atoms in total. The number of hydrogen-bond acceptors (Lipinski definition) is 4. The number of carbonyl (C=O) groups is 1. The highest BCUT2D eigenvalue weighted by Gasteiger charge is 2.17. The predicted molar refractivity (Wildman–Crippen MR) is 97.6 cm³/mol. The molecule has 0 aliphatic carbocycles. The minimum atomic E-state index is -0.364. The molecule has 0 aliphatic rings. The molecule has 25 heavy (non-hydrogen) atoms. The van der Waals surface area contributed by atoms with Gasteiger partial charge in [0.2, 0.25) is 5.91 Å². The second-order valence-electron chi connectivity index (χ2n) is 5.41. The van der Waals surface area contributed by atoms with Crippen LogP contribution in [0, 0.1) is 5.82 Å². The second kappa shape index (κ2) is 7.57. The van der Waals surface area contributed by atoms with E-state index in [1.807, 2.05) is 19.1 Å². The molecule has 2 N–H and O–H groups in total. The maximum atomic E-state index is 13.2. The number of amides is 1. The fourth-order valence-electron chi connectivity index (χ4n) is 2.28. The van der Waals surface area contributed by atoms with E-state index in [1.54, 1.807) is 25.1 Å². The summed E-state index contributed by atoms with van der Waals surface area (Å²) in [6.45, 7) is 4.31. The van der Waals surface area contributed by atoms with Crippen molar-refractivity contribution in [1.82, 2.24) is 9.97 Å². The lowest BCUT2D eigenvalue weighted by atomic mass is 10.3. The van der Waals surface area contributed by atoms with Gasteiger partial charge in [-0.1, -0.05) is 11.8 Å². The van der Waals surface area contributed by atoms with Crippen LogP contribution in [0.2, 0.25) is 0 Å². The SMILES string of the molecule is CCOc1ccc(NC(=O)C(C)Sc2nc3ccc(F)cc3[nH]2)cc1. The monoisotopic (exact) mass is 359 g/mol. The van der Waals surface area contributed by atoms with Gasteiger partial charge >= 0.3 is 0 Å². The average Bonchev–Trinajstić information content (AvgIpc) is 2.98. The zero-order chi connectivity index (χ0) is 17.8. The summed E-state index contributed by atoms with van der Waals surface area (Å²) in [5.41, 5.74) is 1.98. The molecule has 7 heteroatoms. The van der Waals surface area contributed by atoms with Crippen molar-refractivity contribution in [1.29, 1.82) is 0 Å². The number of H-pyrrole nitrogens is 1. The molecule has 0 aliphatic heterocycles. The smallest absolute Gasteiger partial charge is 0.237 e. The molecule has 1 aromatic heterocycles. The molecule has 1 atom stereocenters. The Morgan fingerprint density at radius 2 is 2.08 bits per heavy atom. The van der Waals surface area contributed by atoms with Gasteiger partial charge in [-0.05, 0) is 56.3 Å². The zero-order valence-electron chi connectivity index (χ0n) is 13.9. The molecule has 0 spiro atoms. The first-order chi connectivity index (χ1) is 12.0. The first-order valence-electron chi connectivity index (χ1n) is 7.91. The number of carbonyl (C=O) groups excluding carboxylic acids is 1. The Kier molecular flexibility index (Phi) is 5.23. The van der Waals surface area contributed by atoms with Gasteiger partial charge in [0.1, 0.15) is 11.6 Å². The number of fused-ring (bicyclic) bond motifs is 1. The molecule has 0 fully saturated rings. The Bertz CT molecular complexity index is 880. The lowest BCUT2D eigenvalue weighted by Crippen LogP contribution is -2.22.